The van der Waals surface area contributed by atoms with Gasteiger partial charge in [-0.15, -0.1) is 0 Å². The van der Waals surface area contributed by atoms with Crippen LogP contribution in [0.5, 0.6) is 0 Å². The molecule has 0 aliphatic heterocycles. The van der Waals surface area contributed by atoms with Crippen LogP contribution in [-0.4, -0.2) is 24.7 Å². The fraction of sp³-hybridized carbons (Fsp3) is 0.267. The lowest BCUT2D eigenvalue weighted by Gasteiger charge is -2.39. The number of aromatic amines is 1. The maximum atomic E-state index is 5.59. The lowest BCUT2D eigenvalue weighted by atomic mass is 9.77. The Labute approximate surface area is 121 Å². The number of H-pyrrole nitrogens is 1. The van der Waals surface area contributed by atoms with Crippen LogP contribution in [0.15, 0.2) is 43.3 Å². The van der Waals surface area contributed by atoms with Crippen molar-refractivity contribution in [3.05, 3.63) is 43.3 Å². The second-order valence-electron chi connectivity index (χ2n) is 5.45. The molecule has 4 rings (SSSR count). The van der Waals surface area contributed by atoms with Gasteiger partial charge in [0.25, 0.3) is 0 Å². The molecule has 0 radical (unpaired) electrons. The summed E-state index contributed by atoms with van der Waals surface area (Å²) in [5.41, 5.74) is 8.28. The van der Waals surface area contributed by atoms with Crippen LogP contribution in [0.3, 0.4) is 0 Å². The second kappa shape index (κ2) is 4.44. The molecule has 106 valence electrons. The highest BCUT2D eigenvalue weighted by Crippen LogP contribution is 2.40. The average Bonchev–Trinajstić information content (AvgIpc) is 3.11. The van der Waals surface area contributed by atoms with Crippen LogP contribution in [-0.2, 0) is 5.54 Å². The number of hydrogen-bond acceptors (Lipinski definition) is 4. The van der Waals surface area contributed by atoms with Crippen molar-refractivity contribution in [1.29, 1.82) is 0 Å². The van der Waals surface area contributed by atoms with Crippen molar-refractivity contribution in [2.24, 2.45) is 5.73 Å². The normalized spacial score (nSPS) is 17.3. The molecule has 3 aromatic heterocycles. The summed E-state index contributed by atoms with van der Waals surface area (Å²) in [6.45, 7) is 0. The van der Waals surface area contributed by atoms with Gasteiger partial charge in [-0.25, -0.2) is 9.97 Å². The molecule has 6 nitrogen and oxygen atoms in total. The van der Waals surface area contributed by atoms with Crippen LogP contribution in [0, 0.1) is 0 Å². The summed E-state index contributed by atoms with van der Waals surface area (Å²) in [4.78, 5) is 11.7. The molecule has 0 unspecified atom stereocenters. The number of allylic oxidation sites excluding steroid dienone is 1. The van der Waals surface area contributed by atoms with Gasteiger partial charge in [-0.05, 0) is 37.6 Å². The summed E-state index contributed by atoms with van der Waals surface area (Å²) < 4.78 is 2.01. The van der Waals surface area contributed by atoms with Crippen LogP contribution in [0.25, 0.3) is 22.3 Å². The zero-order valence-electron chi connectivity index (χ0n) is 11.5. The van der Waals surface area contributed by atoms with E-state index in [1.54, 1.807) is 12.5 Å². The molecule has 0 saturated heterocycles. The summed E-state index contributed by atoms with van der Waals surface area (Å²) in [5.74, 6) is 0. The van der Waals surface area contributed by atoms with Crippen molar-refractivity contribution >= 4 is 11.0 Å². The molecule has 3 heterocycles. The molecule has 0 atom stereocenters. The maximum Gasteiger partial charge on any atom is 0.141 e. The van der Waals surface area contributed by atoms with Gasteiger partial charge in [0.2, 0.25) is 0 Å². The zero-order valence-corrected chi connectivity index (χ0v) is 11.5. The van der Waals surface area contributed by atoms with E-state index in [1.807, 2.05) is 35.4 Å². The van der Waals surface area contributed by atoms with Gasteiger partial charge in [-0.1, -0.05) is 0 Å². The quantitative estimate of drug-likeness (QED) is 0.770. The number of nitrogens with one attached hydrogen (secondary N) is 1. The van der Waals surface area contributed by atoms with Crippen LogP contribution in [0.1, 0.15) is 19.3 Å². The van der Waals surface area contributed by atoms with E-state index in [0.717, 1.165) is 35.1 Å². The van der Waals surface area contributed by atoms with Crippen molar-refractivity contribution in [3.63, 3.8) is 0 Å². The molecule has 21 heavy (non-hydrogen) atoms. The number of rotatable bonds is 3. The van der Waals surface area contributed by atoms with Gasteiger partial charge in [-0.2, -0.15) is 5.10 Å². The molecule has 1 aliphatic rings. The molecule has 0 amide bonds. The SMILES string of the molecule is N/C=C/C1(n2cc(-c3ncnc4[nH]ccc34)cn2)CCC1. The molecule has 1 fully saturated rings. The van der Waals surface area contributed by atoms with Gasteiger partial charge in [0.05, 0.1) is 17.4 Å². The van der Waals surface area contributed by atoms with Crippen LogP contribution >= 0.6 is 0 Å². The Hall–Kier alpha value is -2.63. The van der Waals surface area contributed by atoms with E-state index in [0.29, 0.717) is 0 Å². The fourth-order valence-electron chi connectivity index (χ4n) is 2.98. The van der Waals surface area contributed by atoms with E-state index in [2.05, 4.69) is 20.1 Å². The van der Waals surface area contributed by atoms with Gasteiger partial charge < -0.3 is 10.7 Å². The van der Waals surface area contributed by atoms with Crippen molar-refractivity contribution in [2.75, 3.05) is 0 Å². The van der Waals surface area contributed by atoms with E-state index >= 15 is 0 Å². The third kappa shape index (κ3) is 1.75. The number of nitrogens with zero attached hydrogens (tertiary/aromatic N) is 4. The largest absolute Gasteiger partial charge is 0.405 e. The average molecular weight is 280 g/mol. The first kappa shape index (κ1) is 12.1. The van der Waals surface area contributed by atoms with Gasteiger partial charge in [0, 0.05) is 23.3 Å². The minimum absolute atomic E-state index is 0.0582. The standard InChI is InChI=1S/C15H16N6/c16-6-5-15(3-1-4-15)21-9-11(8-20-21)13-12-2-7-17-14(12)19-10-18-13/h2,5-10H,1,3-4,16H2,(H,17,18,19)/b6-5+. The first-order valence-electron chi connectivity index (χ1n) is 7.05. The van der Waals surface area contributed by atoms with Crippen molar-refractivity contribution in [1.82, 2.24) is 24.7 Å². The molecular weight excluding hydrogens is 264 g/mol. The number of hydrogen-bond donors (Lipinski definition) is 2. The fourth-order valence-corrected chi connectivity index (χ4v) is 2.98. The summed E-state index contributed by atoms with van der Waals surface area (Å²) in [5, 5.41) is 5.54. The predicted octanol–water partition coefficient (Wildman–Crippen LogP) is 2.17. The van der Waals surface area contributed by atoms with Crippen molar-refractivity contribution in [2.45, 2.75) is 24.8 Å². The van der Waals surface area contributed by atoms with Gasteiger partial charge >= 0.3 is 0 Å². The highest BCUT2D eigenvalue weighted by molar-refractivity contribution is 5.89. The molecule has 6 heteroatoms. The minimum atomic E-state index is -0.0582. The second-order valence-corrected chi connectivity index (χ2v) is 5.45. The van der Waals surface area contributed by atoms with E-state index < -0.39 is 0 Å². The molecule has 1 saturated carbocycles. The topological polar surface area (TPSA) is 85.4 Å². The molecule has 0 aromatic carbocycles. The number of nitrogens with two attached hydrogens (primary N) is 1. The van der Waals surface area contributed by atoms with Gasteiger partial charge in [0.1, 0.15) is 12.0 Å². The minimum Gasteiger partial charge on any atom is -0.405 e. The Bertz CT molecular complexity index is 808. The molecule has 1 aliphatic carbocycles. The highest BCUT2D eigenvalue weighted by atomic mass is 15.3. The molecule has 3 N–H and O–H groups in total. The van der Waals surface area contributed by atoms with Crippen LogP contribution in [0.2, 0.25) is 0 Å². The van der Waals surface area contributed by atoms with Crippen LogP contribution in [0.4, 0.5) is 0 Å². The molecule has 3 aromatic rings. The Kier molecular flexibility index (Phi) is 2.57. The number of fused-ring (bicyclic) bond motifs is 1. The van der Waals surface area contributed by atoms with Gasteiger partial charge in [-0.3, -0.25) is 4.68 Å². The van der Waals surface area contributed by atoms with Crippen molar-refractivity contribution in [3.8, 4) is 11.3 Å². The Balaban J connectivity index is 1.79. The van der Waals surface area contributed by atoms with Crippen molar-refractivity contribution < 1.29 is 0 Å². The lowest BCUT2D eigenvalue weighted by molar-refractivity contribution is 0.187. The Morgan fingerprint density at radius 2 is 2.24 bits per heavy atom. The Morgan fingerprint density at radius 3 is 3.00 bits per heavy atom. The summed E-state index contributed by atoms with van der Waals surface area (Å²) in [6, 6.07) is 1.99. The smallest absolute Gasteiger partial charge is 0.141 e. The van der Waals surface area contributed by atoms with E-state index in [9.17, 15) is 0 Å². The van der Waals surface area contributed by atoms with E-state index in [4.69, 9.17) is 5.73 Å². The maximum absolute atomic E-state index is 5.59. The molecule has 0 bridgehead atoms. The highest BCUT2D eigenvalue weighted by Gasteiger charge is 2.37. The summed E-state index contributed by atoms with van der Waals surface area (Å²) >= 11 is 0. The molecular formula is C15H16N6. The monoisotopic (exact) mass is 280 g/mol. The third-order valence-corrected chi connectivity index (χ3v) is 4.29. The summed E-state index contributed by atoms with van der Waals surface area (Å²) in [7, 11) is 0. The van der Waals surface area contributed by atoms with E-state index in [1.165, 1.54) is 6.42 Å². The number of aromatic nitrogens is 5. The first-order chi connectivity index (χ1) is 10.3. The first-order valence-corrected chi connectivity index (χ1v) is 7.05. The zero-order chi connectivity index (χ0) is 14.3. The lowest BCUT2D eigenvalue weighted by Crippen LogP contribution is -2.39. The Morgan fingerprint density at radius 1 is 1.33 bits per heavy atom. The summed E-state index contributed by atoms with van der Waals surface area (Å²) in [6.07, 6.45) is 14.4. The van der Waals surface area contributed by atoms with Crippen LogP contribution < -0.4 is 5.73 Å². The third-order valence-electron chi connectivity index (χ3n) is 4.29. The van der Waals surface area contributed by atoms with E-state index in [-0.39, 0.29) is 5.54 Å². The predicted molar refractivity (Wildman–Crippen MR) is 80.3 cm³/mol. The molecule has 0 spiro atoms. The van der Waals surface area contributed by atoms with Gasteiger partial charge in [0.15, 0.2) is 0 Å².